The predicted molar refractivity (Wildman–Crippen MR) is 58.7 cm³/mol. The van der Waals surface area contributed by atoms with Crippen LogP contribution in [0.5, 0.6) is 0 Å². The van der Waals surface area contributed by atoms with E-state index in [1.165, 1.54) is 19.1 Å². The number of rotatable bonds is 3. The van der Waals surface area contributed by atoms with Gasteiger partial charge in [-0.3, -0.25) is 0 Å². The van der Waals surface area contributed by atoms with Gasteiger partial charge >= 0.3 is 6.09 Å². The number of hydrogen-bond acceptors (Lipinski definition) is 2. The summed E-state index contributed by atoms with van der Waals surface area (Å²) in [6, 6.07) is 3.98. The van der Waals surface area contributed by atoms with Crippen molar-refractivity contribution in [2.75, 3.05) is 0 Å². The molecule has 1 amide bonds. The van der Waals surface area contributed by atoms with E-state index in [2.05, 4.69) is 15.9 Å². The van der Waals surface area contributed by atoms with Crippen molar-refractivity contribution in [1.29, 1.82) is 0 Å². The highest BCUT2D eigenvalue weighted by Crippen LogP contribution is 2.25. The molecule has 0 aliphatic heterocycles. The number of carbonyl (C=O) groups excluding carboxylic acids is 1. The van der Waals surface area contributed by atoms with Crippen LogP contribution in [-0.2, 0) is 10.3 Å². The fourth-order valence-corrected chi connectivity index (χ4v) is 1.64. The molecule has 1 unspecified atom stereocenters. The zero-order chi connectivity index (χ0) is 12.3. The highest BCUT2D eigenvalue weighted by Gasteiger charge is 2.31. The number of aldehydes is 1. The summed E-state index contributed by atoms with van der Waals surface area (Å²) in [6.45, 7) is 1.29. The second kappa shape index (κ2) is 4.61. The largest absolute Gasteiger partial charge is 0.465 e. The number of nitrogens with one attached hydrogen (secondary N) is 1. The average Bonchev–Trinajstić information content (AvgIpc) is 2.20. The molecule has 0 aromatic heterocycles. The van der Waals surface area contributed by atoms with Crippen molar-refractivity contribution < 1.29 is 19.1 Å². The number of carbonyl (C=O) groups is 2. The second-order valence-electron chi connectivity index (χ2n) is 3.37. The average molecular weight is 290 g/mol. The first-order valence-corrected chi connectivity index (χ1v) is 5.11. The van der Waals surface area contributed by atoms with Crippen molar-refractivity contribution in [1.82, 2.24) is 5.32 Å². The van der Waals surface area contributed by atoms with Gasteiger partial charge in [-0.05, 0) is 25.1 Å². The number of halogens is 2. The molecular weight excluding hydrogens is 281 g/mol. The maximum absolute atomic E-state index is 13.5. The molecule has 0 aliphatic rings. The molecule has 1 aromatic rings. The van der Waals surface area contributed by atoms with Crippen LogP contribution in [0.1, 0.15) is 12.5 Å². The van der Waals surface area contributed by atoms with Crippen molar-refractivity contribution in [3.8, 4) is 0 Å². The van der Waals surface area contributed by atoms with E-state index >= 15 is 0 Å². The van der Waals surface area contributed by atoms with Crippen molar-refractivity contribution in [3.63, 3.8) is 0 Å². The van der Waals surface area contributed by atoms with E-state index in [0.29, 0.717) is 10.8 Å². The Hall–Kier alpha value is -1.43. The second-order valence-corrected chi connectivity index (χ2v) is 4.29. The Morgan fingerprint density at radius 3 is 2.75 bits per heavy atom. The fourth-order valence-electron chi connectivity index (χ4n) is 1.28. The monoisotopic (exact) mass is 289 g/mol. The highest BCUT2D eigenvalue weighted by molar-refractivity contribution is 9.10. The minimum atomic E-state index is -1.60. The molecule has 2 N–H and O–H groups in total. The number of amides is 1. The molecule has 0 saturated carbocycles. The lowest BCUT2D eigenvalue weighted by molar-refractivity contribution is -0.113. The smallest absolute Gasteiger partial charge is 0.405 e. The van der Waals surface area contributed by atoms with Gasteiger partial charge in [-0.15, -0.1) is 0 Å². The molecule has 0 bridgehead atoms. The zero-order valence-corrected chi connectivity index (χ0v) is 9.92. The van der Waals surface area contributed by atoms with Gasteiger partial charge in [-0.25, -0.2) is 9.18 Å². The van der Waals surface area contributed by atoms with Crippen LogP contribution >= 0.6 is 15.9 Å². The summed E-state index contributed by atoms with van der Waals surface area (Å²) >= 11 is 3.13. The van der Waals surface area contributed by atoms with Gasteiger partial charge in [0, 0.05) is 10.0 Å². The molecule has 1 atom stereocenters. The predicted octanol–water partition coefficient (Wildman–Crippen LogP) is 2.27. The molecule has 16 heavy (non-hydrogen) atoms. The maximum atomic E-state index is 13.5. The van der Waals surface area contributed by atoms with Gasteiger partial charge in [0.25, 0.3) is 0 Å². The summed E-state index contributed by atoms with van der Waals surface area (Å²) in [5.41, 5.74) is -1.63. The van der Waals surface area contributed by atoms with E-state index in [9.17, 15) is 14.0 Å². The standard InChI is InChI=1S/C10H9BrFNO3/c1-10(5-14,13-9(15)16)7-4-6(11)2-3-8(7)12/h2-5,13H,1H3,(H,15,16). The van der Waals surface area contributed by atoms with E-state index in [0.717, 1.165) is 6.07 Å². The molecule has 0 heterocycles. The van der Waals surface area contributed by atoms with Crippen molar-refractivity contribution in [3.05, 3.63) is 34.1 Å². The normalized spacial score (nSPS) is 13.9. The van der Waals surface area contributed by atoms with E-state index in [1.54, 1.807) is 0 Å². The fraction of sp³-hybridized carbons (Fsp3) is 0.200. The third-order valence-corrected chi connectivity index (χ3v) is 2.58. The topological polar surface area (TPSA) is 66.4 Å². The van der Waals surface area contributed by atoms with Crippen LogP contribution in [0.25, 0.3) is 0 Å². The molecule has 86 valence electrons. The highest BCUT2D eigenvalue weighted by atomic mass is 79.9. The van der Waals surface area contributed by atoms with Crippen molar-refractivity contribution in [2.24, 2.45) is 0 Å². The Bertz CT molecular complexity index is 438. The van der Waals surface area contributed by atoms with Crippen molar-refractivity contribution in [2.45, 2.75) is 12.5 Å². The van der Waals surface area contributed by atoms with Crippen LogP contribution in [0.2, 0.25) is 0 Å². The first-order chi connectivity index (χ1) is 7.39. The van der Waals surface area contributed by atoms with Gasteiger partial charge < -0.3 is 15.2 Å². The lowest BCUT2D eigenvalue weighted by Gasteiger charge is -2.24. The molecule has 1 aromatic carbocycles. The van der Waals surface area contributed by atoms with E-state index in [4.69, 9.17) is 5.11 Å². The summed E-state index contributed by atoms with van der Waals surface area (Å²) in [4.78, 5) is 21.5. The Morgan fingerprint density at radius 1 is 1.62 bits per heavy atom. The Kier molecular flexibility index (Phi) is 3.64. The number of hydrogen-bond donors (Lipinski definition) is 2. The Labute approximate surface area is 99.6 Å². The van der Waals surface area contributed by atoms with Crippen LogP contribution in [0.4, 0.5) is 9.18 Å². The molecule has 0 aliphatic carbocycles. The van der Waals surface area contributed by atoms with E-state index in [-0.39, 0.29) is 5.56 Å². The first-order valence-electron chi connectivity index (χ1n) is 4.32. The van der Waals surface area contributed by atoms with Gasteiger partial charge in [0.15, 0.2) is 0 Å². The van der Waals surface area contributed by atoms with Crippen LogP contribution in [0.15, 0.2) is 22.7 Å². The molecule has 0 saturated heterocycles. The Morgan fingerprint density at radius 2 is 2.25 bits per heavy atom. The molecule has 0 spiro atoms. The van der Waals surface area contributed by atoms with Crippen LogP contribution < -0.4 is 5.32 Å². The number of carboxylic acid groups (broad SMARTS) is 1. The lowest BCUT2D eigenvalue weighted by atomic mass is 9.93. The molecule has 0 radical (unpaired) electrons. The Balaban J connectivity index is 3.26. The molecule has 1 rings (SSSR count). The van der Waals surface area contributed by atoms with E-state index in [1.807, 2.05) is 5.32 Å². The van der Waals surface area contributed by atoms with Gasteiger partial charge in [-0.2, -0.15) is 0 Å². The quantitative estimate of drug-likeness (QED) is 0.839. The summed E-state index contributed by atoms with van der Waals surface area (Å²) in [6.07, 6.45) is -1.04. The SMILES string of the molecule is CC(C=O)(NC(=O)O)c1cc(Br)ccc1F. The summed E-state index contributed by atoms with van der Waals surface area (Å²) in [5, 5.41) is 10.6. The third kappa shape index (κ3) is 2.57. The van der Waals surface area contributed by atoms with E-state index < -0.39 is 17.4 Å². The van der Waals surface area contributed by atoms with Crippen molar-refractivity contribution >= 4 is 28.3 Å². The number of benzene rings is 1. The van der Waals surface area contributed by atoms with Gasteiger partial charge in [-0.1, -0.05) is 15.9 Å². The van der Waals surface area contributed by atoms with Crippen LogP contribution in [-0.4, -0.2) is 17.5 Å². The third-order valence-electron chi connectivity index (χ3n) is 2.09. The molecular formula is C10H9BrFNO3. The molecule has 6 heteroatoms. The minimum Gasteiger partial charge on any atom is -0.465 e. The summed E-state index contributed by atoms with van der Waals surface area (Å²) in [5.74, 6) is -0.647. The van der Waals surface area contributed by atoms with Crippen LogP contribution in [0, 0.1) is 5.82 Å². The van der Waals surface area contributed by atoms with Crippen LogP contribution in [0.3, 0.4) is 0 Å². The van der Waals surface area contributed by atoms with Gasteiger partial charge in [0.2, 0.25) is 0 Å². The summed E-state index contributed by atoms with van der Waals surface area (Å²) in [7, 11) is 0. The zero-order valence-electron chi connectivity index (χ0n) is 8.33. The lowest BCUT2D eigenvalue weighted by Crippen LogP contribution is -2.44. The minimum absolute atomic E-state index is 0.0284. The molecule has 0 fully saturated rings. The first kappa shape index (κ1) is 12.6. The summed E-state index contributed by atoms with van der Waals surface area (Å²) < 4.78 is 14.0. The molecule has 4 nitrogen and oxygen atoms in total. The maximum Gasteiger partial charge on any atom is 0.405 e. The van der Waals surface area contributed by atoms with Gasteiger partial charge in [0.1, 0.15) is 17.6 Å². The van der Waals surface area contributed by atoms with Gasteiger partial charge in [0.05, 0.1) is 0 Å².